The van der Waals surface area contributed by atoms with E-state index in [1.165, 1.54) is 10.8 Å². The molecule has 5 heteroatoms. The Kier molecular flexibility index (Phi) is 6.36. The van der Waals surface area contributed by atoms with Crippen LogP contribution in [0.3, 0.4) is 0 Å². The maximum Gasteiger partial charge on any atom is 0.272 e. The van der Waals surface area contributed by atoms with Crippen molar-refractivity contribution in [2.75, 3.05) is 0 Å². The molecule has 0 saturated carbocycles. The van der Waals surface area contributed by atoms with Gasteiger partial charge in [0, 0.05) is 10.0 Å². The largest absolute Gasteiger partial charge is 0.488 e. The average molecular weight is 509 g/mol. The highest BCUT2D eigenvalue weighted by molar-refractivity contribution is 9.10. The number of nitrogens with one attached hydrogen (secondary N) is 1. The van der Waals surface area contributed by atoms with E-state index in [1.807, 2.05) is 72.8 Å². The number of carbonyl (C=O) groups excluding carboxylic acids is 1. The van der Waals surface area contributed by atoms with E-state index < -0.39 is 0 Å². The topological polar surface area (TPSA) is 50.7 Å². The van der Waals surface area contributed by atoms with E-state index in [0.717, 1.165) is 21.9 Å². The summed E-state index contributed by atoms with van der Waals surface area (Å²) in [6.45, 7) is 0.420. The van der Waals surface area contributed by atoms with Crippen molar-refractivity contribution in [2.24, 2.45) is 5.10 Å². The summed E-state index contributed by atoms with van der Waals surface area (Å²) in [5.74, 6) is 0.410. The zero-order valence-electron chi connectivity index (χ0n) is 18.2. The van der Waals surface area contributed by atoms with Gasteiger partial charge in [0.15, 0.2) is 0 Å². The van der Waals surface area contributed by atoms with Crippen molar-refractivity contribution in [3.63, 3.8) is 0 Å². The van der Waals surface area contributed by atoms with Gasteiger partial charge in [-0.3, -0.25) is 4.79 Å². The van der Waals surface area contributed by atoms with Crippen LogP contribution in [-0.2, 0) is 6.61 Å². The van der Waals surface area contributed by atoms with Gasteiger partial charge in [-0.1, -0.05) is 84.9 Å². The zero-order chi connectivity index (χ0) is 23.3. The van der Waals surface area contributed by atoms with Gasteiger partial charge in [0.25, 0.3) is 5.91 Å². The van der Waals surface area contributed by atoms with Crippen LogP contribution in [0.2, 0.25) is 0 Å². The van der Waals surface area contributed by atoms with Crippen LogP contribution >= 0.6 is 15.9 Å². The quantitative estimate of drug-likeness (QED) is 0.196. The number of hydrazone groups is 1. The number of nitrogens with zero attached hydrogens (tertiary/aromatic N) is 1. The van der Waals surface area contributed by atoms with Crippen molar-refractivity contribution in [3.8, 4) is 5.75 Å². The Balaban J connectivity index is 1.44. The van der Waals surface area contributed by atoms with E-state index in [2.05, 4.69) is 50.7 Å². The Bertz CT molecular complexity index is 1520. The summed E-state index contributed by atoms with van der Waals surface area (Å²) in [7, 11) is 0. The zero-order valence-corrected chi connectivity index (χ0v) is 19.8. The fourth-order valence-electron chi connectivity index (χ4n) is 3.97. The van der Waals surface area contributed by atoms with E-state index in [9.17, 15) is 4.79 Å². The number of amides is 1. The molecule has 0 aliphatic carbocycles. The first kappa shape index (κ1) is 21.9. The molecule has 0 unspecified atom stereocenters. The van der Waals surface area contributed by atoms with Gasteiger partial charge in [0.2, 0.25) is 0 Å². The van der Waals surface area contributed by atoms with Gasteiger partial charge >= 0.3 is 0 Å². The third-order valence-electron chi connectivity index (χ3n) is 5.67. The maximum atomic E-state index is 12.6. The molecule has 0 aromatic heterocycles. The Morgan fingerprint density at radius 1 is 0.794 bits per heavy atom. The summed E-state index contributed by atoms with van der Waals surface area (Å²) in [5.41, 5.74) is 5.06. The van der Waals surface area contributed by atoms with Crippen molar-refractivity contribution in [2.45, 2.75) is 6.61 Å². The van der Waals surface area contributed by atoms with Crippen LogP contribution in [0.25, 0.3) is 21.5 Å². The van der Waals surface area contributed by atoms with Crippen LogP contribution in [0.4, 0.5) is 0 Å². The van der Waals surface area contributed by atoms with Crippen molar-refractivity contribution < 1.29 is 9.53 Å². The number of benzene rings is 5. The molecule has 0 aliphatic rings. The average Bonchev–Trinajstić information content (AvgIpc) is 2.88. The van der Waals surface area contributed by atoms with Crippen molar-refractivity contribution >= 4 is 49.6 Å². The van der Waals surface area contributed by atoms with Crippen LogP contribution in [0, 0.1) is 0 Å². The van der Waals surface area contributed by atoms with E-state index in [0.29, 0.717) is 22.4 Å². The lowest BCUT2D eigenvalue weighted by atomic mass is 10.0. The summed E-state index contributed by atoms with van der Waals surface area (Å²) in [4.78, 5) is 12.6. The molecule has 5 aromatic rings. The van der Waals surface area contributed by atoms with Crippen LogP contribution in [0.5, 0.6) is 5.75 Å². The molecule has 166 valence electrons. The van der Waals surface area contributed by atoms with Crippen LogP contribution in [-0.4, -0.2) is 12.1 Å². The van der Waals surface area contributed by atoms with Crippen molar-refractivity contribution in [1.29, 1.82) is 0 Å². The molecular formula is C29H21BrN2O2. The van der Waals surface area contributed by atoms with Crippen LogP contribution in [0.1, 0.15) is 21.5 Å². The number of carbonyl (C=O) groups is 1. The highest BCUT2D eigenvalue weighted by atomic mass is 79.9. The molecule has 1 N–H and O–H groups in total. The minimum Gasteiger partial charge on any atom is -0.488 e. The lowest BCUT2D eigenvalue weighted by molar-refractivity contribution is 0.0954. The van der Waals surface area contributed by atoms with Crippen LogP contribution in [0.15, 0.2) is 113 Å². The lowest BCUT2D eigenvalue weighted by Crippen LogP contribution is -2.18. The molecule has 0 spiro atoms. The van der Waals surface area contributed by atoms with E-state index in [4.69, 9.17) is 4.74 Å². The minimum absolute atomic E-state index is 0.290. The van der Waals surface area contributed by atoms with Gasteiger partial charge < -0.3 is 4.74 Å². The molecule has 0 fully saturated rings. The predicted octanol–water partition coefficient (Wildman–Crippen LogP) is 7.10. The number of hydrogen-bond donors (Lipinski definition) is 1. The van der Waals surface area contributed by atoms with Gasteiger partial charge in [0.05, 0.1) is 11.8 Å². The van der Waals surface area contributed by atoms with Gasteiger partial charge in [-0.2, -0.15) is 5.10 Å². The van der Waals surface area contributed by atoms with Crippen molar-refractivity contribution in [3.05, 3.63) is 124 Å². The fraction of sp³-hybridized carbons (Fsp3) is 0.0345. The number of rotatable bonds is 6. The summed E-state index contributed by atoms with van der Waals surface area (Å²) >= 11 is 3.40. The number of fused-ring (bicyclic) bond motifs is 2. The molecule has 1 amide bonds. The van der Waals surface area contributed by atoms with E-state index in [1.54, 1.807) is 12.3 Å². The van der Waals surface area contributed by atoms with Gasteiger partial charge in [-0.05, 0) is 61.2 Å². The summed E-state index contributed by atoms with van der Waals surface area (Å²) in [6, 6.07) is 33.8. The predicted molar refractivity (Wildman–Crippen MR) is 141 cm³/mol. The van der Waals surface area contributed by atoms with Gasteiger partial charge in [-0.25, -0.2) is 5.43 Å². The second-order valence-electron chi connectivity index (χ2n) is 7.80. The Morgan fingerprint density at radius 2 is 1.47 bits per heavy atom. The van der Waals surface area contributed by atoms with Gasteiger partial charge in [-0.15, -0.1) is 0 Å². The SMILES string of the molecule is O=C(N/N=C/c1c(OCc2cccc3ccccc23)ccc2ccccc12)c1ccccc1Br. The van der Waals surface area contributed by atoms with Gasteiger partial charge in [0.1, 0.15) is 12.4 Å². The monoisotopic (exact) mass is 508 g/mol. The molecule has 0 saturated heterocycles. The number of hydrogen-bond acceptors (Lipinski definition) is 3. The first-order chi connectivity index (χ1) is 16.7. The standard InChI is InChI=1S/C29H21BrN2O2/c30-27-15-6-5-14-25(27)29(33)32-31-18-26-24-13-4-2-9-21(24)16-17-28(26)34-19-22-11-7-10-20-8-1-3-12-23(20)22/h1-18H,19H2,(H,32,33)/b31-18+. The summed E-state index contributed by atoms with van der Waals surface area (Å²) in [6.07, 6.45) is 1.65. The number of ether oxygens (including phenoxy) is 1. The normalized spacial score (nSPS) is 11.2. The highest BCUT2D eigenvalue weighted by Crippen LogP contribution is 2.28. The molecule has 5 aromatic carbocycles. The smallest absolute Gasteiger partial charge is 0.272 e. The first-order valence-electron chi connectivity index (χ1n) is 10.9. The van der Waals surface area contributed by atoms with E-state index >= 15 is 0 Å². The Hall–Kier alpha value is -3.96. The lowest BCUT2D eigenvalue weighted by Gasteiger charge is -2.13. The Morgan fingerprint density at radius 3 is 2.29 bits per heavy atom. The minimum atomic E-state index is -0.290. The molecule has 5 rings (SSSR count). The van der Waals surface area contributed by atoms with Crippen LogP contribution < -0.4 is 10.2 Å². The molecule has 34 heavy (non-hydrogen) atoms. The second-order valence-corrected chi connectivity index (χ2v) is 8.66. The fourth-order valence-corrected chi connectivity index (χ4v) is 4.43. The maximum absolute atomic E-state index is 12.6. The number of halogens is 1. The second kappa shape index (κ2) is 9.89. The molecule has 0 bridgehead atoms. The molecule has 4 nitrogen and oxygen atoms in total. The first-order valence-corrected chi connectivity index (χ1v) is 11.7. The molecule has 0 atom stereocenters. The highest BCUT2D eigenvalue weighted by Gasteiger charge is 2.11. The molecular weight excluding hydrogens is 488 g/mol. The summed E-state index contributed by atoms with van der Waals surface area (Å²) in [5, 5.41) is 8.66. The van der Waals surface area contributed by atoms with Crippen molar-refractivity contribution in [1.82, 2.24) is 5.43 Å². The van der Waals surface area contributed by atoms with E-state index in [-0.39, 0.29) is 5.91 Å². The molecule has 0 heterocycles. The molecule has 0 radical (unpaired) electrons. The third-order valence-corrected chi connectivity index (χ3v) is 6.36. The molecule has 0 aliphatic heterocycles. The summed E-state index contributed by atoms with van der Waals surface area (Å²) < 4.78 is 7.00. The third kappa shape index (κ3) is 4.56. The Labute approximate surface area is 206 Å².